The van der Waals surface area contributed by atoms with Crippen LogP contribution in [0.3, 0.4) is 0 Å². The van der Waals surface area contributed by atoms with Gasteiger partial charge in [-0.15, -0.1) is 5.10 Å². The molecule has 0 radical (unpaired) electrons. The van der Waals surface area contributed by atoms with Gasteiger partial charge >= 0.3 is 0 Å². The maximum absolute atomic E-state index is 12.5. The first-order chi connectivity index (χ1) is 16.3. The van der Waals surface area contributed by atoms with E-state index in [1.54, 1.807) is 53.1 Å². The van der Waals surface area contributed by atoms with Crippen LogP contribution in [-0.4, -0.2) is 66.4 Å². The first-order valence-electron chi connectivity index (χ1n) is 10.7. The summed E-state index contributed by atoms with van der Waals surface area (Å²) in [5.74, 6) is 0.364. The molecule has 0 unspecified atom stereocenters. The summed E-state index contributed by atoms with van der Waals surface area (Å²) < 4.78 is 30.8. The van der Waals surface area contributed by atoms with E-state index in [9.17, 15) is 13.2 Å². The molecule has 0 spiro atoms. The van der Waals surface area contributed by atoms with Gasteiger partial charge in [-0.3, -0.25) is 4.79 Å². The number of rotatable bonds is 6. The Morgan fingerprint density at radius 3 is 2.56 bits per heavy atom. The molecule has 1 aliphatic rings. The molecular weight excluding hydrogens is 454 g/mol. The van der Waals surface area contributed by atoms with E-state index in [4.69, 9.17) is 4.74 Å². The number of ether oxygens (including phenoxy) is 1. The highest BCUT2D eigenvalue weighted by Crippen LogP contribution is 2.27. The van der Waals surface area contributed by atoms with E-state index in [2.05, 4.69) is 15.4 Å². The van der Waals surface area contributed by atoms with Gasteiger partial charge in [0.05, 0.1) is 11.0 Å². The van der Waals surface area contributed by atoms with Gasteiger partial charge in [0, 0.05) is 49.5 Å². The van der Waals surface area contributed by atoms with E-state index in [1.807, 2.05) is 30.3 Å². The van der Waals surface area contributed by atoms with E-state index in [0.717, 1.165) is 16.8 Å². The molecule has 4 aromatic rings. The van der Waals surface area contributed by atoms with Crippen molar-refractivity contribution in [1.29, 1.82) is 0 Å². The lowest BCUT2D eigenvalue weighted by Gasteiger charge is -2.38. The second kappa shape index (κ2) is 8.54. The van der Waals surface area contributed by atoms with E-state index in [-0.39, 0.29) is 16.9 Å². The van der Waals surface area contributed by atoms with Crippen molar-refractivity contribution in [2.24, 2.45) is 0 Å². The number of hydrogen-bond acceptors (Lipinski definition) is 7. The second-order valence-electron chi connectivity index (χ2n) is 8.20. The molecule has 5 rings (SSSR count). The van der Waals surface area contributed by atoms with Crippen molar-refractivity contribution in [2.45, 2.75) is 11.0 Å². The highest BCUT2D eigenvalue weighted by molar-refractivity contribution is 7.90. The summed E-state index contributed by atoms with van der Waals surface area (Å²) >= 11 is 0. The van der Waals surface area contributed by atoms with Gasteiger partial charge in [-0.25, -0.2) is 12.9 Å². The summed E-state index contributed by atoms with van der Waals surface area (Å²) in [7, 11) is -1.68. The number of anilines is 2. The molecule has 34 heavy (non-hydrogen) atoms. The first kappa shape index (κ1) is 22.1. The molecule has 10 heteroatoms. The maximum Gasteiger partial charge on any atom is 0.254 e. The summed E-state index contributed by atoms with van der Waals surface area (Å²) in [4.78, 5) is 19.1. The van der Waals surface area contributed by atoms with E-state index in [1.165, 1.54) is 6.26 Å². The van der Waals surface area contributed by atoms with Crippen molar-refractivity contribution in [3.8, 4) is 11.1 Å². The molecular formula is C24H23N5O4S. The lowest BCUT2D eigenvalue weighted by molar-refractivity contribution is -0.0191. The summed E-state index contributed by atoms with van der Waals surface area (Å²) in [6.07, 6.45) is 3.08. The maximum atomic E-state index is 12.5. The smallest absolute Gasteiger partial charge is 0.254 e. The zero-order chi connectivity index (χ0) is 23.9. The van der Waals surface area contributed by atoms with Gasteiger partial charge < -0.3 is 15.0 Å². The molecule has 2 aromatic heterocycles. The largest absolute Gasteiger partial charge is 0.378 e. The molecule has 1 N–H and O–H groups in total. The van der Waals surface area contributed by atoms with Crippen LogP contribution in [0, 0.1) is 0 Å². The quantitative estimate of drug-likeness (QED) is 0.455. The minimum Gasteiger partial charge on any atom is -0.378 e. The van der Waals surface area contributed by atoms with Gasteiger partial charge in [0.2, 0.25) is 5.95 Å². The van der Waals surface area contributed by atoms with Crippen molar-refractivity contribution < 1.29 is 17.9 Å². The standard InChI is InChI=1S/C24H23N5O4S/c1-33-19-14-28(15-19)23(30)16-8-10-18(11-9-16)25-24-26-22-21(7-4-12-29(22)27-24)17-5-3-6-20(13-17)34(2,31)32/h3-13,19H,14-15H2,1-2H3,(H,25,27). The topological polar surface area (TPSA) is 106 Å². The number of carbonyl (C=O) groups is 1. The molecule has 1 aliphatic heterocycles. The van der Waals surface area contributed by atoms with Gasteiger partial charge in [-0.1, -0.05) is 12.1 Å². The Morgan fingerprint density at radius 2 is 1.85 bits per heavy atom. The fraction of sp³-hybridized carbons (Fsp3) is 0.208. The zero-order valence-electron chi connectivity index (χ0n) is 18.7. The third-order valence-electron chi connectivity index (χ3n) is 5.79. The van der Waals surface area contributed by atoms with Crippen LogP contribution >= 0.6 is 0 Å². The number of methoxy groups -OCH3 is 1. The monoisotopic (exact) mass is 477 g/mol. The number of likely N-dealkylation sites (tertiary alicyclic amines) is 1. The summed E-state index contributed by atoms with van der Waals surface area (Å²) in [6.45, 7) is 1.21. The molecule has 174 valence electrons. The molecule has 1 saturated heterocycles. The number of nitrogens with zero attached hydrogens (tertiary/aromatic N) is 4. The summed E-state index contributed by atoms with van der Waals surface area (Å²) in [6, 6.07) is 17.6. The molecule has 1 amide bonds. The molecule has 9 nitrogen and oxygen atoms in total. The predicted octanol–water partition coefficient (Wildman–Crippen LogP) is 3.01. The first-order valence-corrected chi connectivity index (χ1v) is 12.6. The fourth-order valence-corrected chi connectivity index (χ4v) is 4.51. The average Bonchev–Trinajstić information content (AvgIpc) is 3.21. The lowest BCUT2D eigenvalue weighted by atomic mass is 10.1. The number of benzene rings is 2. The van der Waals surface area contributed by atoms with Crippen molar-refractivity contribution >= 4 is 33.0 Å². The van der Waals surface area contributed by atoms with Crippen LogP contribution in [-0.2, 0) is 14.6 Å². The number of fused-ring (bicyclic) bond motifs is 1. The van der Waals surface area contributed by atoms with Crippen LogP contribution < -0.4 is 5.32 Å². The van der Waals surface area contributed by atoms with Gasteiger partial charge in [-0.2, -0.15) is 4.98 Å². The van der Waals surface area contributed by atoms with E-state index < -0.39 is 9.84 Å². The third kappa shape index (κ3) is 4.25. The number of amides is 1. The number of sulfone groups is 1. The van der Waals surface area contributed by atoms with Crippen molar-refractivity contribution in [1.82, 2.24) is 19.5 Å². The van der Waals surface area contributed by atoms with E-state index >= 15 is 0 Å². The number of aromatic nitrogens is 3. The van der Waals surface area contributed by atoms with Crippen molar-refractivity contribution in [2.75, 3.05) is 31.8 Å². The van der Waals surface area contributed by atoms with Gasteiger partial charge in [0.25, 0.3) is 5.91 Å². The highest BCUT2D eigenvalue weighted by atomic mass is 32.2. The lowest BCUT2D eigenvalue weighted by Crippen LogP contribution is -2.54. The van der Waals surface area contributed by atoms with Gasteiger partial charge in [-0.05, 0) is 54.1 Å². The Kier molecular flexibility index (Phi) is 5.54. The predicted molar refractivity (Wildman–Crippen MR) is 128 cm³/mol. The molecule has 0 bridgehead atoms. The van der Waals surface area contributed by atoms with Gasteiger partial charge in [0.1, 0.15) is 0 Å². The molecule has 1 fully saturated rings. The number of pyridine rings is 1. The Bertz CT molecular complexity index is 1480. The van der Waals surface area contributed by atoms with Crippen molar-refractivity contribution in [3.05, 3.63) is 72.4 Å². The Hall–Kier alpha value is -3.76. The minimum atomic E-state index is -3.33. The molecule has 0 aliphatic carbocycles. The highest BCUT2D eigenvalue weighted by Gasteiger charge is 2.30. The average molecular weight is 478 g/mol. The van der Waals surface area contributed by atoms with Crippen LogP contribution in [0.15, 0.2) is 71.8 Å². The SMILES string of the molecule is COC1CN(C(=O)c2ccc(Nc3nc4c(-c5cccc(S(C)(=O)=O)c5)cccn4n3)cc2)C1. The Labute approximate surface area is 196 Å². The van der Waals surface area contributed by atoms with E-state index in [0.29, 0.717) is 30.2 Å². The van der Waals surface area contributed by atoms with Crippen LogP contribution in [0.25, 0.3) is 16.8 Å². The molecule has 3 heterocycles. The fourth-order valence-electron chi connectivity index (χ4n) is 3.84. The molecule has 0 atom stereocenters. The molecule has 0 saturated carbocycles. The van der Waals surface area contributed by atoms with Gasteiger partial charge in [0.15, 0.2) is 15.5 Å². The van der Waals surface area contributed by atoms with Crippen molar-refractivity contribution in [3.63, 3.8) is 0 Å². The van der Waals surface area contributed by atoms with Crippen LogP contribution in [0.4, 0.5) is 11.6 Å². The summed E-state index contributed by atoms with van der Waals surface area (Å²) in [5, 5.41) is 7.64. The normalized spacial score (nSPS) is 14.2. The number of carbonyl (C=O) groups excluding carboxylic acids is 1. The number of nitrogens with one attached hydrogen (secondary N) is 1. The van der Waals surface area contributed by atoms with Crippen LogP contribution in [0.2, 0.25) is 0 Å². The third-order valence-corrected chi connectivity index (χ3v) is 6.90. The van der Waals surface area contributed by atoms with Crippen LogP contribution in [0.5, 0.6) is 0 Å². The minimum absolute atomic E-state index is 0.0216. The Morgan fingerprint density at radius 1 is 1.09 bits per heavy atom. The van der Waals surface area contributed by atoms with Crippen LogP contribution in [0.1, 0.15) is 10.4 Å². The molecule has 2 aromatic carbocycles. The zero-order valence-corrected chi connectivity index (χ0v) is 19.5. The Balaban J connectivity index is 1.37. The number of hydrogen-bond donors (Lipinski definition) is 1. The second-order valence-corrected chi connectivity index (χ2v) is 10.2. The summed E-state index contributed by atoms with van der Waals surface area (Å²) in [5.41, 5.74) is 3.44.